The molecule has 0 aliphatic carbocycles. The highest BCUT2D eigenvalue weighted by atomic mass is 35.5. The van der Waals surface area contributed by atoms with Gasteiger partial charge in [0.1, 0.15) is 5.75 Å². The third-order valence-corrected chi connectivity index (χ3v) is 4.98. The zero-order chi connectivity index (χ0) is 20.8. The number of piperazine rings is 1. The molecule has 1 N–H and O–H groups in total. The number of ether oxygens (including phenoxy) is 1. The first-order valence-corrected chi connectivity index (χ1v) is 9.77. The van der Waals surface area contributed by atoms with Crippen molar-refractivity contribution in [1.29, 1.82) is 0 Å². The fourth-order valence-electron chi connectivity index (χ4n) is 3.16. The summed E-state index contributed by atoms with van der Waals surface area (Å²) >= 11 is 6.02. The molecule has 2 aromatic rings. The van der Waals surface area contributed by atoms with Gasteiger partial charge in [0.15, 0.2) is 0 Å². The van der Waals surface area contributed by atoms with E-state index in [0.717, 1.165) is 16.8 Å². The summed E-state index contributed by atoms with van der Waals surface area (Å²) in [6, 6.07) is 12.8. The van der Waals surface area contributed by atoms with Crippen LogP contribution in [0.2, 0.25) is 5.02 Å². The van der Waals surface area contributed by atoms with E-state index in [4.69, 9.17) is 16.3 Å². The molecule has 29 heavy (non-hydrogen) atoms. The molecule has 152 valence electrons. The Kier molecular flexibility index (Phi) is 6.77. The summed E-state index contributed by atoms with van der Waals surface area (Å²) in [5.41, 5.74) is 2.60. The van der Waals surface area contributed by atoms with Crippen LogP contribution in [0.15, 0.2) is 48.5 Å². The van der Waals surface area contributed by atoms with Crippen LogP contribution in [0.3, 0.4) is 0 Å². The summed E-state index contributed by atoms with van der Waals surface area (Å²) in [5, 5.41) is 3.48. The molecule has 0 radical (unpaired) electrons. The molecule has 1 aliphatic rings. The molecule has 0 unspecified atom stereocenters. The first-order valence-electron chi connectivity index (χ1n) is 9.39. The van der Waals surface area contributed by atoms with E-state index >= 15 is 0 Å². The molecule has 1 saturated heterocycles. The lowest BCUT2D eigenvalue weighted by Crippen LogP contribution is -2.51. The molecule has 2 aromatic carbocycles. The van der Waals surface area contributed by atoms with E-state index in [1.165, 1.54) is 6.08 Å². The van der Waals surface area contributed by atoms with Crippen LogP contribution in [0, 0.1) is 6.92 Å². The predicted octanol–water partition coefficient (Wildman–Crippen LogP) is 4.05. The maximum absolute atomic E-state index is 12.5. The number of carbonyl (C=O) groups is 2. The molecule has 1 heterocycles. The zero-order valence-electron chi connectivity index (χ0n) is 16.5. The monoisotopic (exact) mass is 413 g/mol. The van der Waals surface area contributed by atoms with E-state index in [1.807, 2.05) is 31.2 Å². The Morgan fingerprint density at radius 1 is 1.07 bits per heavy atom. The molecular weight excluding hydrogens is 390 g/mol. The molecule has 0 bridgehead atoms. The number of hydrogen-bond donors (Lipinski definition) is 1. The Balaban J connectivity index is 1.54. The van der Waals surface area contributed by atoms with E-state index < -0.39 is 0 Å². The van der Waals surface area contributed by atoms with Gasteiger partial charge in [0, 0.05) is 48.5 Å². The second kappa shape index (κ2) is 9.47. The number of halogens is 1. The van der Waals surface area contributed by atoms with Crippen molar-refractivity contribution >= 4 is 35.3 Å². The van der Waals surface area contributed by atoms with Crippen LogP contribution in [-0.2, 0) is 4.79 Å². The summed E-state index contributed by atoms with van der Waals surface area (Å²) in [4.78, 5) is 28.4. The van der Waals surface area contributed by atoms with Gasteiger partial charge in [-0.2, -0.15) is 0 Å². The Labute approximate surface area is 175 Å². The summed E-state index contributed by atoms with van der Waals surface area (Å²) in [6.45, 7) is 3.91. The number of rotatable bonds is 4. The van der Waals surface area contributed by atoms with Gasteiger partial charge in [-0.1, -0.05) is 23.7 Å². The van der Waals surface area contributed by atoms with Gasteiger partial charge in [0.05, 0.1) is 7.11 Å². The highest BCUT2D eigenvalue weighted by molar-refractivity contribution is 6.30. The molecule has 1 fully saturated rings. The van der Waals surface area contributed by atoms with Gasteiger partial charge < -0.3 is 19.9 Å². The molecule has 6 nitrogen and oxygen atoms in total. The van der Waals surface area contributed by atoms with Crippen LogP contribution in [0.25, 0.3) is 6.08 Å². The number of nitrogens with zero attached hydrogens (tertiary/aromatic N) is 2. The smallest absolute Gasteiger partial charge is 0.321 e. The Bertz CT molecular complexity index is 921. The highest BCUT2D eigenvalue weighted by Gasteiger charge is 2.23. The normalized spacial score (nSPS) is 14.2. The average molecular weight is 414 g/mol. The number of anilines is 1. The second-order valence-corrected chi connectivity index (χ2v) is 7.27. The number of amides is 3. The molecule has 3 amide bonds. The first-order chi connectivity index (χ1) is 14.0. The Morgan fingerprint density at radius 2 is 1.79 bits per heavy atom. The molecule has 0 saturated carbocycles. The van der Waals surface area contributed by atoms with E-state index in [1.54, 1.807) is 41.2 Å². The Hall–Kier alpha value is -2.99. The minimum Gasteiger partial charge on any atom is -0.496 e. The first kappa shape index (κ1) is 20.7. The number of benzene rings is 2. The second-order valence-electron chi connectivity index (χ2n) is 6.83. The number of urea groups is 1. The molecular formula is C22H24ClN3O3. The van der Waals surface area contributed by atoms with Crippen molar-refractivity contribution in [3.63, 3.8) is 0 Å². The maximum Gasteiger partial charge on any atom is 0.321 e. The van der Waals surface area contributed by atoms with Crippen LogP contribution < -0.4 is 10.1 Å². The number of nitrogens with one attached hydrogen (secondary N) is 1. The Morgan fingerprint density at radius 3 is 2.48 bits per heavy atom. The minimum absolute atomic E-state index is 0.106. The van der Waals surface area contributed by atoms with Crippen LogP contribution in [-0.4, -0.2) is 55.0 Å². The summed E-state index contributed by atoms with van der Waals surface area (Å²) in [5.74, 6) is 0.543. The number of hydrogen-bond acceptors (Lipinski definition) is 3. The third-order valence-electron chi connectivity index (χ3n) is 4.75. The van der Waals surface area contributed by atoms with Gasteiger partial charge in [0.25, 0.3) is 0 Å². The maximum atomic E-state index is 12.5. The van der Waals surface area contributed by atoms with Gasteiger partial charge in [-0.3, -0.25) is 4.79 Å². The number of methoxy groups -OCH3 is 1. The standard InChI is InChI=1S/C22H24ClN3O3/c1-16-4-3-5-19(14-16)24-22(28)26-12-10-25(11-13-26)21(27)9-6-17-15-18(23)7-8-20(17)29-2/h3-9,14-15H,10-13H2,1-2H3,(H,24,28)/b9-6+. The molecule has 3 rings (SSSR count). The van der Waals surface area contributed by atoms with Crippen molar-refractivity contribution in [1.82, 2.24) is 9.80 Å². The predicted molar refractivity (Wildman–Crippen MR) is 115 cm³/mol. The van der Waals surface area contributed by atoms with E-state index in [9.17, 15) is 9.59 Å². The molecule has 7 heteroatoms. The van der Waals surface area contributed by atoms with Gasteiger partial charge in [-0.25, -0.2) is 4.79 Å². The lowest BCUT2D eigenvalue weighted by Gasteiger charge is -2.34. The van der Waals surface area contributed by atoms with Crippen molar-refractivity contribution < 1.29 is 14.3 Å². The summed E-state index contributed by atoms with van der Waals surface area (Å²) in [7, 11) is 1.57. The largest absolute Gasteiger partial charge is 0.496 e. The van der Waals surface area contributed by atoms with Gasteiger partial charge in [0.2, 0.25) is 5.91 Å². The summed E-state index contributed by atoms with van der Waals surface area (Å²) in [6.07, 6.45) is 3.21. The number of carbonyl (C=O) groups excluding carboxylic acids is 2. The zero-order valence-corrected chi connectivity index (χ0v) is 17.3. The van der Waals surface area contributed by atoms with E-state index in [0.29, 0.717) is 37.0 Å². The van der Waals surface area contributed by atoms with Crippen LogP contribution in [0.5, 0.6) is 5.75 Å². The average Bonchev–Trinajstić information content (AvgIpc) is 2.72. The third kappa shape index (κ3) is 5.51. The quantitative estimate of drug-likeness (QED) is 0.769. The van der Waals surface area contributed by atoms with E-state index in [2.05, 4.69) is 5.32 Å². The van der Waals surface area contributed by atoms with Crippen LogP contribution in [0.1, 0.15) is 11.1 Å². The van der Waals surface area contributed by atoms with Crippen LogP contribution in [0.4, 0.5) is 10.5 Å². The fraction of sp³-hybridized carbons (Fsp3) is 0.273. The topological polar surface area (TPSA) is 61.9 Å². The van der Waals surface area contributed by atoms with Crippen molar-refractivity contribution in [2.24, 2.45) is 0 Å². The van der Waals surface area contributed by atoms with Gasteiger partial charge in [-0.15, -0.1) is 0 Å². The minimum atomic E-state index is -0.151. The molecule has 0 spiro atoms. The lowest BCUT2D eigenvalue weighted by atomic mass is 10.2. The number of aryl methyl sites for hydroxylation is 1. The van der Waals surface area contributed by atoms with Crippen LogP contribution >= 0.6 is 11.6 Å². The SMILES string of the molecule is COc1ccc(Cl)cc1/C=C/C(=O)N1CCN(C(=O)Nc2cccc(C)c2)CC1. The van der Waals surface area contributed by atoms with Crippen molar-refractivity contribution in [2.45, 2.75) is 6.92 Å². The molecule has 1 aliphatic heterocycles. The van der Waals surface area contributed by atoms with Crippen molar-refractivity contribution in [3.8, 4) is 5.75 Å². The fourth-order valence-corrected chi connectivity index (χ4v) is 3.34. The molecule has 0 atom stereocenters. The molecule has 0 aromatic heterocycles. The van der Waals surface area contributed by atoms with Gasteiger partial charge in [-0.05, 0) is 48.9 Å². The highest BCUT2D eigenvalue weighted by Crippen LogP contribution is 2.24. The van der Waals surface area contributed by atoms with Gasteiger partial charge >= 0.3 is 6.03 Å². The van der Waals surface area contributed by atoms with E-state index in [-0.39, 0.29) is 11.9 Å². The lowest BCUT2D eigenvalue weighted by molar-refractivity contribution is -0.127. The van der Waals surface area contributed by atoms with Crippen molar-refractivity contribution in [2.75, 3.05) is 38.6 Å². The summed E-state index contributed by atoms with van der Waals surface area (Å²) < 4.78 is 5.29. The van der Waals surface area contributed by atoms with Crippen molar-refractivity contribution in [3.05, 3.63) is 64.7 Å².